The van der Waals surface area contributed by atoms with E-state index in [2.05, 4.69) is 18.2 Å². The maximum Gasteiger partial charge on any atom is 0.214 e. The van der Waals surface area contributed by atoms with Crippen LogP contribution in [0.1, 0.15) is 43.9 Å². The summed E-state index contributed by atoms with van der Waals surface area (Å²) in [5, 5.41) is 39.5. The van der Waals surface area contributed by atoms with E-state index in [1.807, 2.05) is 37.3 Å². The van der Waals surface area contributed by atoms with Gasteiger partial charge in [0.05, 0.1) is 24.1 Å². The van der Waals surface area contributed by atoms with E-state index in [1.165, 1.54) is 0 Å². The largest absolute Gasteiger partial charge is 0.489 e. The van der Waals surface area contributed by atoms with E-state index < -0.39 is 28.6 Å². The van der Waals surface area contributed by atoms with E-state index in [9.17, 15) is 15.8 Å². The number of fused-ring (bicyclic) bond motifs is 2. The van der Waals surface area contributed by atoms with Crippen LogP contribution >= 0.6 is 0 Å². The van der Waals surface area contributed by atoms with Gasteiger partial charge in [0.25, 0.3) is 0 Å². The first-order chi connectivity index (χ1) is 15.9. The fourth-order valence-electron chi connectivity index (χ4n) is 5.12. The van der Waals surface area contributed by atoms with E-state index in [4.69, 9.17) is 19.6 Å². The SMILES string of the molecule is CCCC1C2(C)OC(=N)C1(C#N)C(C#N)(C#N)C(c1cccc(OCc3ccccc3)c1)O2. The van der Waals surface area contributed by atoms with Gasteiger partial charge in [-0.1, -0.05) is 55.8 Å². The Morgan fingerprint density at radius 1 is 1.03 bits per heavy atom. The van der Waals surface area contributed by atoms with Crippen molar-refractivity contribution in [3.05, 3.63) is 65.7 Å². The van der Waals surface area contributed by atoms with Gasteiger partial charge >= 0.3 is 0 Å². The molecule has 2 aromatic carbocycles. The average Bonchev–Trinajstić information content (AvgIpc) is 3.00. The zero-order valence-electron chi connectivity index (χ0n) is 18.5. The molecule has 0 saturated carbocycles. The lowest BCUT2D eigenvalue weighted by atomic mass is 9.53. The van der Waals surface area contributed by atoms with Crippen molar-refractivity contribution in [3.63, 3.8) is 0 Å². The van der Waals surface area contributed by atoms with Gasteiger partial charge < -0.3 is 14.2 Å². The first kappa shape index (κ1) is 22.3. The number of rotatable bonds is 6. The molecule has 4 atom stereocenters. The second kappa shape index (κ2) is 8.24. The monoisotopic (exact) mass is 440 g/mol. The Bertz CT molecular complexity index is 1180. The number of hydrogen-bond donors (Lipinski definition) is 1. The fourth-order valence-corrected chi connectivity index (χ4v) is 5.12. The lowest BCUT2D eigenvalue weighted by Gasteiger charge is -2.48. The third-order valence-corrected chi connectivity index (χ3v) is 6.70. The summed E-state index contributed by atoms with van der Waals surface area (Å²) in [6, 6.07) is 23.0. The van der Waals surface area contributed by atoms with Crippen LogP contribution in [0.15, 0.2) is 54.6 Å². The molecule has 0 spiro atoms. The minimum Gasteiger partial charge on any atom is -0.489 e. The molecule has 0 amide bonds. The third kappa shape index (κ3) is 3.15. The molecule has 33 heavy (non-hydrogen) atoms. The lowest BCUT2D eigenvalue weighted by Crippen LogP contribution is -2.58. The van der Waals surface area contributed by atoms with Crippen LogP contribution in [0.4, 0.5) is 0 Å². The molecule has 2 bridgehead atoms. The maximum atomic E-state index is 10.3. The van der Waals surface area contributed by atoms with Gasteiger partial charge in [0.15, 0.2) is 5.41 Å². The lowest BCUT2D eigenvalue weighted by molar-refractivity contribution is -0.274. The number of nitriles is 3. The van der Waals surface area contributed by atoms with E-state index >= 15 is 0 Å². The Hall–Kier alpha value is -3.86. The number of nitrogens with one attached hydrogen (secondary N) is 1. The second-order valence-corrected chi connectivity index (χ2v) is 8.58. The van der Waals surface area contributed by atoms with Crippen LogP contribution < -0.4 is 4.74 Å². The highest BCUT2D eigenvalue weighted by atomic mass is 16.7. The summed E-state index contributed by atoms with van der Waals surface area (Å²) in [4.78, 5) is 0. The third-order valence-electron chi connectivity index (χ3n) is 6.70. The first-order valence-electron chi connectivity index (χ1n) is 10.9. The van der Waals surface area contributed by atoms with Crippen molar-refractivity contribution in [2.45, 2.75) is 45.2 Å². The van der Waals surface area contributed by atoms with Gasteiger partial charge in [-0.05, 0) is 29.7 Å². The van der Waals surface area contributed by atoms with Crippen molar-refractivity contribution in [2.24, 2.45) is 16.7 Å². The highest BCUT2D eigenvalue weighted by molar-refractivity contribution is 5.89. The van der Waals surface area contributed by atoms with Crippen molar-refractivity contribution < 1.29 is 14.2 Å². The van der Waals surface area contributed by atoms with E-state index in [1.54, 1.807) is 31.2 Å². The molecule has 2 aromatic rings. The summed E-state index contributed by atoms with van der Waals surface area (Å²) in [5.74, 6) is -1.76. The Kier molecular flexibility index (Phi) is 5.58. The van der Waals surface area contributed by atoms with Crippen LogP contribution in [0.3, 0.4) is 0 Å². The highest BCUT2D eigenvalue weighted by Gasteiger charge is 2.79. The van der Waals surface area contributed by atoms with Crippen LogP contribution in [0.2, 0.25) is 0 Å². The minimum absolute atomic E-state index is 0.351. The molecule has 7 nitrogen and oxygen atoms in total. The number of nitrogens with zero attached hydrogens (tertiary/aromatic N) is 3. The zero-order valence-corrected chi connectivity index (χ0v) is 18.5. The molecule has 0 aromatic heterocycles. The molecule has 7 heteroatoms. The molecule has 0 aliphatic carbocycles. The molecular formula is C26H24N4O3. The van der Waals surface area contributed by atoms with Crippen molar-refractivity contribution in [2.75, 3.05) is 0 Å². The topological polar surface area (TPSA) is 123 Å². The summed E-state index contributed by atoms with van der Waals surface area (Å²) in [5.41, 5.74) is -2.20. The maximum absolute atomic E-state index is 10.3. The van der Waals surface area contributed by atoms with E-state index in [0.717, 1.165) is 5.56 Å². The number of hydrogen-bond acceptors (Lipinski definition) is 7. The Balaban J connectivity index is 1.77. The molecule has 2 saturated heterocycles. The smallest absolute Gasteiger partial charge is 0.214 e. The highest BCUT2D eigenvalue weighted by Crippen LogP contribution is 2.67. The van der Waals surface area contributed by atoms with Crippen LogP contribution in [0.25, 0.3) is 0 Å². The molecule has 2 aliphatic rings. The van der Waals surface area contributed by atoms with Gasteiger partial charge in [0.1, 0.15) is 18.5 Å². The number of benzene rings is 2. The van der Waals surface area contributed by atoms with Crippen molar-refractivity contribution >= 4 is 5.90 Å². The van der Waals surface area contributed by atoms with Crippen molar-refractivity contribution in [1.82, 2.24) is 0 Å². The van der Waals surface area contributed by atoms with Gasteiger partial charge in [-0.25, -0.2) is 0 Å². The average molecular weight is 441 g/mol. The molecule has 1 N–H and O–H groups in total. The van der Waals surface area contributed by atoms with Gasteiger partial charge in [-0.2, -0.15) is 15.8 Å². The summed E-state index contributed by atoms with van der Waals surface area (Å²) in [6.45, 7) is 3.98. The van der Waals surface area contributed by atoms with Crippen molar-refractivity contribution in [3.8, 4) is 24.0 Å². The molecule has 4 rings (SSSR count). The first-order valence-corrected chi connectivity index (χ1v) is 10.9. The van der Waals surface area contributed by atoms with E-state index in [-0.39, 0.29) is 5.90 Å². The molecular weight excluding hydrogens is 416 g/mol. The van der Waals surface area contributed by atoms with Crippen LogP contribution in [0, 0.1) is 56.2 Å². The number of ether oxygens (including phenoxy) is 3. The Labute approximate surface area is 193 Å². The standard InChI is InChI=1S/C26H24N4O3/c1-3-8-21-24(2)32-22(25(15-27,16-28)26(21,17-29)23(30)33-24)19-11-7-12-20(13-19)31-14-18-9-5-4-6-10-18/h4-7,9-13,21-22,30H,3,8,14H2,1-2H3. The summed E-state index contributed by atoms with van der Waals surface area (Å²) in [6.07, 6.45) is 0.0580. The van der Waals surface area contributed by atoms with Crippen LogP contribution in [-0.4, -0.2) is 11.7 Å². The van der Waals surface area contributed by atoms with Crippen LogP contribution in [0.5, 0.6) is 5.75 Å². The normalized spacial score (nSPS) is 29.2. The summed E-state index contributed by atoms with van der Waals surface area (Å²) >= 11 is 0. The quantitative estimate of drug-likeness (QED) is 0.673. The Morgan fingerprint density at radius 2 is 1.76 bits per heavy atom. The van der Waals surface area contributed by atoms with Crippen molar-refractivity contribution in [1.29, 1.82) is 21.2 Å². The van der Waals surface area contributed by atoms with Gasteiger partial charge in [0.2, 0.25) is 17.1 Å². The molecule has 2 fully saturated rings. The fraction of sp³-hybridized carbons (Fsp3) is 0.385. The molecule has 0 radical (unpaired) electrons. The molecule has 2 heterocycles. The predicted octanol–water partition coefficient (Wildman–Crippen LogP) is 5.02. The minimum atomic E-state index is -1.97. The molecule has 4 unspecified atom stereocenters. The molecule has 166 valence electrons. The Morgan fingerprint density at radius 3 is 2.39 bits per heavy atom. The summed E-state index contributed by atoms with van der Waals surface area (Å²) < 4.78 is 18.0. The van der Waals surface area contributed by atoms with E-state index in [0.29, 0.717) is 30.8 Å². The second-order valence-electron chi connectivity index (χ2n) is 8.58. The van der Waals surface area contributed by atoms with Gasteiger partial charge in [-0.3, -0.25) is 5.41 Å². The van der Waals surface area contributed by atoms with Gasteiger partial charge in [0, 0.05) is 6.92 Å². The van der Waals surface area contributed by atoms with Gasteiger partial charge in [-0.15, -0.1) is 0 Å². The predicted molar refractivity (Wildman–Crippen MR) is 118 cm³/mol. The van der Waals surface area contributed by atoms with Crippen LogP contribution in [-0.2, 0) is 16.1 Å². The summed E-state index contributed by atoms with van der Waals surface area (Å²) in [7, 11) is 0. The zero-order chi connectivity index (χ0) is 23.7. The molecule has 2 aliphatic heterocycles.